The first-order valence-corrected chi connectivity index (χ1v) is 7.91. The molecule has 7 nitrogen and oxygen atoms in total. The fourth-order valence-corrected chi connectivity index (χ4v) is 3.44. The van der Waals surface area contributed by atoms with E-state index in [1.165, 1.54) is 13.0 Å². The van der Waals surface area contributed by atoms with Gasteiger partial charge in [-0.3, -0.25) is 0 Å². The molecule has 0 aliphatic heterocycles. The second-order valence-electron chi connectivity index (χ2n) is 3.94. The average Bonchev–Trinajstić information content (AvgIpc) is 2.78. The third-order valence-corrected chi connectivity index (χ3v) is 4.91. The summed E-state index contributed by atoms with van der Waals surface area (Å²) in [5, 5.41) is 8.45. The van der Waals surface area contributed by atoms with Gasteiger partial charge in [0.1, 0.15) is 9.88 Å². The van der Waals surface area contributed by atoms with Crippen LogP contribution in [0.5, 0.6) is 0 Å². The summed E-state index contributed by atoms with van der Waals surface area (Å²) in [6, 6.07) is 2.26. The molecule has 0 bridgehead atoms. The van der Waals surface area contributed by atoms with Crippen LogP contribution in [0.15, 0.2) is 23.4 Å². The molecule has 0 fully saturated rings. The molecule has 0 saturated heterocycles. The van der Waals surface area contributed by atoms with E-state index >= 15 is 0 Å². The van der Waals surface area contributed by atoms with Crippen molar-refractivity contribution in [3.8, 4) is 0 Å². The smallest absolute Gasteiger partial charge is 0.347 e. The van der Waals surface area contributed by atoms with E-state index in [0.29, 0.717) is 5.69 Å². The number of aromatic nitrogens is 2. The van der Waals surface area contributed by atoms with E-state index in [1.54, 1.807) is 0 Å². The van der Waals surface area contributed by atoms with Crippen molar-refractivity contribution in [2.24, 2.45) is 0 Å². The monoisotopic (exact) mass is 331 g/mol. The van der Waals surface area contributed by atoms with Gasteiger partial charge >= 0.3 is 5.97 Å². The molecule has 2 heterocycles. The van der Waals surface area contributed by atoms with Gasteiger partial charge in [-0.1, -0.05) is 0 Å². The molecule has 2 N–H and O–H groups in total. The third kappa shape index (κ3) is 3.40. The summed E-state index contributed by atoms with van der Waals surface area (Å²) in [4.78, 5) is 18.3. The van der Waals surface area contributed by atoms with Gasteiger partial charge in [0.05, 0.1) is 12.2 Å². The zero-order chi connectivity index (χ0) is 15.6. The molecular formula is C11H10FN3O4S2. The lowest BCUT2D eigenvalue weighted by Gasteiger charge is -2.04. The predicted molar refractivity (Wildman–Crippen MR) is 72.0 cm³/mol. The number of carboxylic acids is 1. The molecule has 0 aliphatic carbocycles. The third-order valence-electron chi connectivity index (χ3n) is 2.43. The van der Waals surface area contributed by atoms with E-state index in [9.17, 15) is 17.6 Å². The van der Waals surface area contributed by atoms with Crippen molar-refractivity contribution in [1.82, 2.24) is 14.7 Å². The fraction of sp³-hybridized carbons (Fsp3) is 0.182. The van der Waals surface area contributed by atoms with Gasteiger partial charge in [0.2, 0.25) is 5.03 Å². The Morgan fingerprint density at radius 3 is 2.81 bits per heavy atom. The van der Waals surface area contributed by atoms with E-state index in [4.69, 9.17) is 5.11 Å². The predicted octanol–water partition coefficient (Wildman–Crippen LogP) is 1.16. The SMILES string of the molecule is Cc1nc(CNS(=O)(=O)c2ncccc2F)sc1C(=O)O. The molecular weight excluding hydrogens is 321 g/mol. The standard InChI is InChI=1S/C11H10FN3O4S2/c1-6-9(11(16)17)20-8(15-6)5-14-21(18,19)10-7(12)3-2-4-13-10/h2-4,14H,5H2,1H3,(H,16,17). The average molecular weight is 331 g/mol. The Morgan fingerprint density at radius 1 is 1.52 bits per heavy atom. The highest BCUT2D eigenvalue weighted by Crippen LogP contribution is 2.18. The number of nitrogens with one attached hydrogen (secondary N) is 1. The number of rotatable bonds is 5. The minimum Gasteiger partial charge on any atom is -0.477 e. The molecule has 0 aromatic carbocycles. The number of hydrogen-bond acceptors (Lipinski definition) is 6. The number of aromatic carboxylic acids is 1. The minimum absolute atomic E-state index is 0.0354. The van der Waals surface area contributed by atoms with Gasteiger partial charge in [0.15, 0.2) is 5.82 Å². The molecule has 21 heavy (non-hydrogen) atoms. The van der Waals surface area contributed by atoms with Crippen molar-refractivity contribution >= 4 is 27.3 Å². The fourth-order valence-electron chi connectivity index (χ4n) is 1.52. The van der Waals surface area contributed by atoms with Crippen molar-refractivity contribution in [2.45, 2.75) is 18.5 Å². The van der Waals surface area contributed by atoms with E-state index in [-0.39, 0.29) is 16.4 Å². The lowest BCUT2D eigenvalue weighted by molar-refractivity contribution is 0.0701. The van der Waals surface area contributed by atoms with Gasteiger partial charge in [0.25, 0.3) is 10.0 Å². The van der Waals surface area contributed by atoms with Gasteiger partial charge in [-0.15, -0.1) is 11.3 Å². The summed E-state index contributed by atoms with van der Waals surface area (Å²) in [6.07, 6.45) is 1.16. The largest absolute Gasteiger partial charge is 0.477 e. The number of thiazole rings is 1. The first-order chi connectivity index (χ1) is 9.81. The number of hydrogen-bond donors (Lipinski definition) is 2. The number of carbonyl (C=O) groups is 1. The Balaban J connectivity index is 2.18. The number of halogens is 1. The quantitative estimate of drug-likeness (QED) is 0.851. The number of aryl methyl sites for hydroxylation is 1. The van der Waals surface area contributed by atoms with Crippen molar-refractivity contribution in [2.75, 3.05) is 0 Å². The second kappa shape index (κ2) is 5.84. The number of nitrogens with zero attached hydrogens (tertiary/aromatic N) is 2. The molecule has 0 atom stereocenters. The van der Waals surface area contributed by atoms with Crippen LogP contribution in [0.1, 0.15) is 20.4 Å². The zero-order valence-electron chi connectivity index (χ0n) is 10.7. The topological polar surface area (TPSA) is 109 Å². The molecule has 0 amide bonds. The van der Waals surface area contributed by atoms with E-state index < -0.39 is 26.8 Å². The van der Waals surface area contributed by atoms with Crippen LogP contribution in [0, 0.1) is 12.7 Å². The molecule has 2 rings (SSSR count). The first-order valence-electron chi connectivity index (χ1n) is 5.61. The molecule has 0 spiro atoms. The normalized spacial score (nSPS) is 11.5. The lowest BCUT2D eigenvalue weighted by atomic mass is 10.4. The number of carboxylic acid groups (broad SMARTS) is 1. The van der Waals surface area contributed by atoms with Crippen LogP contribution < -0.4 is 4.72 Å². The van der Waals surface area contributed by atoms with Crippen LogP contribution in [0.4, 0.5) is 4.39 Å². The first kappa shape index (κ1) is 15.5. The Morgan fingerprint density at radius 2 is 2.24 bits per heavy atom. The van der Waals surface area contributed by atoms with E-state index in [1.807, 2.05) is 0 Å². The van der Waals surface area contributed by atoms with Crippen LogP contribution >= 0.6 is 11.3 Å². The van der Waals surface area contributed by atoms with Crippen LogP contribution in [-0.2, 0) is 16.6 Å². The highest BCUT2D eigenvalue weighted by molar-refractivity contribution is 7.89. The van der Waals surface area contributed by atoms with E-state index in [0.717, 1.165) is 23.6 Å². The van der Waals surface area contributed by atoms with Gasteiger partial charge in [0, 0.05) is 6.20 Å². The van der Waals surface area contributed by atoms with Crippen LogP contribution in [0.3, 0.4) is 0 Å². The van der Waals surface area contributed by atoms with Crippen molar-refractivity contribution in [1.29, 1.82) is 0 Å². The van der Waals surface area contributed by atoms with Gasteiger partial charge < -0.3 is 5.11 Å². The van der Waals surface area contributed by atoms with Crippen LogP contribution in [0.2, 0.25) is 0 Å². The molecule has 2 aromatic rings. The summed E-state index contributed by atoms with van der Waals surface area (Å²) < 4.78 is 39.3. The zero-order valence-corrected chi connectivity index (χ0v) is 12.3. The van der Waals surface area contributed by atoms with Gasteiger partial charge in [-0.25, -0.2) is 32.3 Å². The highest BCUT2D eigenvalue weighted by Gasteiger charge is 2.21. The number of pyridine rings is 1. The maximum absolute atomic E-state index is 13.4. The maximum Gasteiger partial charge on any atom is 0.347 e. The minimum atomic E-state index is -4.13. The summed E-state index contributed by atoms with van der Waals surface area (Å²) in [6.45, 7) is 1.27. The van der Waals surface area contributed by atoms with Crippen LogP contribution in [0.25, 0.3) is 0 Å². The molecule has 0 saturated carbocycles. The maximum atomic E-state index is 13.4. The van der Waals surface area contributed by atoms with Gasteiger partial charge in [-0.2, -0.15) is 0 Å². The van der Waals surface area contributed by atoms with Crippen molar-refractivity contribution in [3.63, 3.8) is 0 Å². The molecule has 0 radical (unpaired) electrons. The highest BCUT2D eigenvalue weighted by atomic mass is 32.2. The molecule has 0 aliphatic rings. The Kier molecular flexibility index (Phi) is 4.30. The summed E-state index contributed by atoms with van der Waals surface area (Å²) >= 11 is 0.856. The van der Waals surface area contributed by atoms with Crippen molar-refractivity contribution < 1.29 is 22.7 Å². The van der Waals surface area contributed by atoms with Crippen LogP contribution in [-0.4, -0.2) is 29.5 Å². The Labute approximate surface area is 123 Å². The molecule has 2 aromatic heterocycles. The summed E-state index contributed by atoms with van der Waals surface area (Å²) in [5.41, 5.74) is 0.297. The lowest BCUT2D eigenvalue weighted by Crippen LogP contribution is -2.25. The van der Waals surface area contributed by atoms with Crippen molar-refractivity contribution in [3.05, 3.63) is 39.7 Å². The Hall–Kier alpha value is -1.91. The summed E-state index contributed by atoms with van der Waals surface area (Å²) in [5.74, 6) is -2.10. The Bertz CT molecular complexity index is 789. The molecule has 112 valence electrons. The molecule has 0 unspecified atom stereocenters. The second-order valence-corrected chi connectivity index (χ2v) is 6.71. The summed E-state index contributed by atoms with van der Waals surface area (Å²) in [7, 11) is -4.13. The van der Waals surface area contributed by atoms with E-state index in [2.05, 4.69) is 14.7 Å². The molecule has 10 heteroatoms. The number of sulfonamides is 1. The van der Waals surface area contributed by atoms with Gasteiger partial charge in [-0.05, 0) is 19.1 Å².